The van der Waals surface area contributed by atoms with Gasteiger partial charge in [-0.2, -0.15) is 0 Å². The van der Waals surface area contributed by atoms with Crippen LogP contribution in [0.4, 0.5) is 0 Å². The molecule has 0 amide bonds. The number of phenols is 2. The lowest BCUT2D eigenvalue weighted by Gasteiger charge is -2.19. The quantitative estimate of drug-likeness (QED) is 0.823. The Hall–Kier alpha value is -2.16. The minimum Gasteiger partial charge on any atom is -0.508 e. The topological polar surface area (TPSA) is 49.7 Å². The van der Waals surface area contributed by atoms with Crippen molar-refractivity contribution in [2.75, 3.05) is 7.11 Å². The molecule has 108 valence electrons. The van der Waals surface area contributed by atoms with Crippen LogP contribution in [0, 0.1) is 0 Å². The molecule has 2 rings (SSSR count). The summed E-state index contributed by atoms with van der Waals surface area (Å²) in [5.74, 6) is 1.41. The van der Waals surface area contributed by atoms with Gasteiger partial charge < -0.3 is 14.9 Å². The van der Waals surface area contributed by atoms with Crippen molar-refractivity contribution in [3.63, 3.8) is 0 Å². The van der Waals surface area contributed by atoms with Crippen molar-refractivity contribution in [3.8, 4) is 17.2 Å². The molecule has 0 atom stereocenters. The highest BCUT2D eigenvalue weighted by Gasteiger charge is 2.16. The molecule has 0 aromatic heterocycles. The number of methoxy groups -OCH3 is 1. The molecule has 0 unspecified atom stereocenters. The third-order valence-corrected chi connectivity index (χ3v) is 2.78. The lowest BCUT2D eigenvalue weighted by molar-refractivity contribution is 0.412. The van der Waals surface area contributed by atoms with E-state index in [1.54, 1.807) is 37.4 Å². The van der Waals surface area contributed by atoms with Gasteiger partial charge in [0, 0.05) is 0 Å². The number of hydrogen-bond donors (Lipinski definition) is 2. The molecule has 0 bridgehead atoms. The molecule has 0 aliphatic rings. The molecule has 0 spiro atoms. The first kappa shape index (κ1) is 15.9. The van der Waals surface area contributed by atoms with E-state index in [0.29, 0.717) is 5.75 Å². The highest BCUT2D eigenvalue weighted by molar-refractivity contribution is 5.36. The first-order valence-corrected chi connectivity index (χ1v) is 6.46. The minimum atomic E-state index is 0.0331. The van der Waals surface area contributed by atoms with Gasteiger partial charge in [-0.25, -0.2) is 0 Å². The van der Waals surface area contributed by atoms with E-state index in [-0.39, 0.29) is 11.2 Å². The van der Waals surface area contributed by atoms with Crippen LogP contribution < -0.4 is 4.74 Å². The Kier molecular flexibility index (Phi) is 5.44. The Balaban J connectivity index is 0.000000204. The van der Waals surface area contributed by atoms with Gasteiger partial charge in [-0.1, -0.05) is 39.0 Å². The zero-order valence-corrected chi connectivity index (χ0v) is 12.4. The first-order chi connectivity index (χ1) is 9.34. The predicted octanol–water partition coefficient (Wildman–Crippen LogP) is 4.09. The lowest BCUT2D eigenvalue weighted by atomic mass is 9.86. The highest BCUT2D eigenvalue weighted by Crippen LogP contribution is 2.29. The van der Waals surface area contributed by atoms with E-state index in [4.69, 9.17) is 9.84 Å². The number of aromatic hydroxyl groups is 2. The van der Waals surface area contributed by atoms with Crippen molar-refractivity contribution in [3.05, 3.63) is 54.1 Å². The second kappa shape index (κ2) is 6.85. The van der Waals surface area contributed by atoms with Crippen LogP contribution in [0.3, 0.4) is 0 Å². The first-order valence-electron chi connectivity index (χ1n) is 6.46. The Morgan fingerprint density at radius 1 is 0.850 bits per heavy atom. The van der Waals surface area contributed by atoms with E-state index in [1.807, 2.05) is 18.2 Å². The lowest BCUT2D eigenvalue weighted by Crippen LogP contribution is -2.10. The summed E-state index contributed by atoms with van der Waals surface area (Å²) in [6.45, 7) is 6.26. The Morgan fingerprint density at radius 2 is 1.40 bits per heavy atom. The standard InChI is InChI=1S/C10H14O.C7H8O2/c1-10(2,3)8-6-4-5-7-9(8)11;1-9-7-4-2-6(8)3-5-7/h4-7,11H,1-3H3;2-5,8H,1H3. The summed E-state index contributed by atoms with van der Waals surface area (Å²) in [7, 11) is 1.59. The van der Waals surface area contributed by atoms with Crippen LogP contribution in [-0.2, 0) is 5.41 Å². The van der Waals surface area contributed by atoms with Crippen LogP contribution in [0.15, 0.2) is 48.5 Å². The van der Waals surface area contributed by atoms with Crippen LogP contribution in [-0.4, -0.2) is 17.3 Å². The Morgan fingerprint density at radius 3 is 1.80 bits per heavy atom. The largest absolute Gasteiger partial charge is 0.508 e. The molecule has 2 aromatic rings. The van der Waals surface area contributed by atoms with Crippen LogP contribution in [0.25, 0.3) is 0 Å². The maximum atomic E-state index is 9.45. The number of rotatable bonds is 1. The molecule has 0 heterocycles. The van der Waals surface area contributed by atoms with Crippen LogP contribution in [0.5, 0.6) is 17.2 Å². The van der Waals surface area contributed by atoms with Gasteiger partial charge in [0.25, 0.3) is 0 Å². The molecule has 2 aromatic carbocycles. The highest BCUT2D eigenvalue weighted by atomic mass is 16.5. The molecule has 0 fully saturated rings. The van der Waals surface area contributed by atoms with Gasteiger partial charge in [0.05, 0.1) is 7.11 Å². The molecule has 0 aliphatic carbocycles. The molecular weight excluding hydrogens is 252 g/mol. The zero-order valence-electron chi connectivity index (χ0n) is 12.4. The molecular formula is C17H22O3. The van der Waals surface area contributed by atoms with Crippen molar-refractivity contribution < 1.29 is 14.9 Å². The van der Waals surface area contributed by atoms with E-state index >= 15 is 0 Å². The Labute approximate surface area is 120 Å². The van der Waals surface area contributed by atoms with E-state index in [9.17, 15) is 5.11 Å². The van der Waals surface area contributed by atoms with Gasteiger partial charge in [-0.15, -0.1) is 0 Å². The summed E-state index contributed by atoms with van der Waals surface area (Å²) >= 11 is 0. The Bertz CT molecular complexity index is 525. The van der Waals surface area contributed by atoms with Crippen molar-refractivity contribution in [2.45, 2.75) is 26.2 Å². The van der Waals surface area contributed by atoms with E-state index in [2.05, 4.69) is 20.8 Å². The van der Waals surface area contributed by atoms with Gasteiger partial charge in [0.2, 0.25) is 0 Å². The average Bonchev–Trinajstić information content (AvgIpc) is 2.39. The van der Waals surface area contributed by atoms with E-state index in [0.717, 1.165) is 11.3 Å². The number of phenolic OH excluding ortho intramolecular Hbond substituents is 2. The third kappa shape index (κ3) is 4.84. The fraction of sp³-hybridized carbons (Fsp3) is 0.294. The second-order valence-corrected chi connectivity index (χ2v) is 5.47. The summed E-state index contributed by atoms with van der Waals surface area (Å²) in [5.41, 5.74) is 1.03. The maximum Gasteiger partial charge on any atom is 0.119 e. The summed E-state index contributed by atoms with van der Waals surface area (Å²) in [6, 6.07) is 14.0. The summed E-state index contributed by atoms with van der Waals surface area (Å²) in [4.78, 5) is 0. The van der Waals surface area contributed by atoms with Gasteiger partial charge in [0.1, 0.15) is 17.2 Å². The summed E-state index contributed by atoms with van der Waals surface area (Å²) in [6.07, 6.45) is 0. The normalized spacial score (nSPS) is 10.4. The predicted molar refractivity (Wildman–Crippen MR) is 81.5 cm³/mol. The maximum absolute atomic E-state index is 9.45. The smallest absolute Gasteiger partial charge is 0.119 e. The van der Waals surface area contributed by atoms with E-state index < -0.39 is 0 Å². The molecule has 3 nitrogen and oxygen atoms in total. The monoisotopic (exact) mass is 274 g/mol. The molecule has 0 saturated carbocycles. The van der Waals surface area contributed by atoms with Gasteiger partial charge in [-0.3, -0.25) is 0 Å². The van der Waals surface area contributed by atoms with Gasteiger partial charge >= 0.3 is 0 Å². The molecule has 2 N–H and O–H groups in total. The van der Waals surface area contributed by atoms with Crippen molar-refractivity contribution in [1.82, 2.24) is 0 Å². The number of para-hydroxylation sites is 1. The molecule has 0 saturated heterocycles. The minimum absolute atomic E-state index is 0.0331. The van der Waals surface area contributed by atoms with Crippen molar-refractivity contribution >= 4 is 0 Å². The third-order valence-electron chi connectivity index (χ3n) is 2.78. The van der Waals surface area contributed by atoms with Gasteiger partial charge in [-0.05, 0) is 41.3 Å². The molecule has 20 heavy (non-hydrogen) atoms. The second-order valence-electron chi connectivity index (χ2n) is 5.47. The van der Waals surface area contributed by atoms with Crippen molar-refractivity contribution in [2.24, 2.45) is 0 Å². The number of ether oxygens (including phenoxy) is 1. The summed E-state index contributed by atoms with van der Waals surface area (Å²) in [5, 5.41) is 18.2. The van der Waals surface area contributed by atoms with Gasteiger partial charge in [0.15, 0.2) is 0 Å². The number of benzene rings is 2. The van der Waals surface area contributed by atoms with Crippen LogP contribution >= 0.6 is 0 Å². The fourth-order valence-electron chi connectivity index (χ4n) is 1.69. The molecule has 0 radical (unpaired) electrons. The SMILES string of the molecule is CC(C)(C)c1ccccc1O.COc1ccc(O)cc1. The zero-order chi connectivity index (χ0) is 15.2. The summed E-state index contributed by atoms with van der Waals surface area (Å²) < 4.78 is 4.86. The number of hydrogen-bond acceptors (Lipinski definition) is 3. The van der Waals surface area contributed by atoms with Crippen LogP contribution in [0.2, 0.25) is 0 Å². The van der Waals surface area contributed by atoms with Crippen molar-refractivity contribution in [1.29, 1.82) is 0 Å². The average molecular weight is 274 g/mol. The molecule has 0 aliphatic heterocycles. The van der Waals surface area contributed by atoms with E-state index in [1.165, 1.54) is 0 Å². The van der Waals surface area contributed by atoms with Crippen LogP contribution in [0.1, 0.15) is 26.3 Å². The fourth-order valence-corrected chi connectivity index (χ4v) is 1.69. The molecule has 3 heteroatoms.